The number of nitrogens with zero attached hydrogens (tertiary/aromatic N) is 3. The first kappa shape index (κ1) is 21.3. The van der Waals surface area contributed by atoms with Crippen LogP contribution in [0.3, 0.4) is 0 Å². The summed E-state index contributed by atoms with van der Waals surface area (Å²) in [4.78, 5) is 29.9. The molecule has 0 bridgehead atoms. The highest BCUT2D eigenvalue weighted by Gasteiger charge is 2.24. The summed E-state index contributed by atoms with van der Waals surface area (Å²) >= 11 is 2.53. The number of hydrogen-bond acceptors (Lipinski definition) is 8. The number of anilines is 1. The maximum absolute atomic E-state index is 12.8. The molecule has 4 aromatic heterocycles. The molecule has 0 saturated heterocycles. The van der Waals surface area contributed by atoms with Crippen LogP contribution in [0.2, 0.25) is 0 Å². The Morgan fingerprint density at radius 2 is 2.12 bits per heavy atom. The minimum atomic E-state index is -0.510. The van der Waals surface area contributed by atoms with E-state index in [-0.39, 0.29) is 23.8 Å². The average Bonchev–Trinajstić information content (AvgIpc) is 3.56. The van der Waals surface area contributed by atoms with Gasteiger partial charge in [0.2, 0.25) is 11.7 Å². The molecule has 33 heavy (non-hydrogen) atoms. The number of fused-ring (bicyclic) bond motifs is 3. The third kappa shape index (κ3) is 4.00. The van der Waals surface area contributed by atoms with Gasteiger partial charge in [-0.3, -0.25) is 9.20 Å². The van der Waals surface area contributed by atoms with E-state index in [4.69, 9.17) is 9.15 Å². The molecule has 0 aliphatic heterocycles. The van der Waals surface area contributed by atoms with Crippen LogP contribution in [-0.4, -0.2) is 43.8 Å². The molecule has 4 heterocycles. The Kier molecular flexibility index (Phi) is 5.65. The largest absolute Gasteiger partial charge is 0.462 e. The number of carbonyl (C=O) groups is 2. The van der Waals surface area contributed by atoms with Crippen LogP contribution in [0.25, 0.3) is 28.1 Å². The van der Waals surface area contributed by atoms with Crippen molar-refractivity contribution in [1.82, 2.24) is 19.6 Å². The standard InChI is InChI=1S/C22H19N5O4S2/c1-3-30-20(29)18-13(16-9-8-12(2)31-16)10-32-19(18)24-17(28)11-33-22-26-25-21-23-14-6-4-5-7-15(14)27(21)22/h4-10H,3,11H2,1-2H3,(H,23,25)(H,24,28). The number of aromatic nitrogens is 4. The number of aryl methyl sites for hydroxylation is 1. The lowest BCUT2D eigenvalue weighted by molar-refractivity contribution is -0.113. The zero-order valence-corrected chi connectivity index (χ0v) is 19.4. The second-order valence-corrected chi connectivity index (χ2v) is 8.91. The van der Waals surface area contributed by atoms with E-state index in [0.717, 1.165) is 16.8 Å². The van der Waals surface area contributed by atoms with Crippen molar-refractivity contribution in [2.75, 3.05) is 17.7 Å². The van der Waals surface area contributed by atoms with Crippen molar-refractivity contribution in [2.24, 2.45) is 0 Å². The highest BCUT2D eigenvalue weighted by Crippen LogP contribution is 2.37. The Morgan fingerprint density at radius 3 is 2.91 bits per heavy atom. The molecule has 168 valence electrons. The Balaban J connectivity index is 1.36. The Morgan fingerprint density at radius 1 is 1.27 bits per heavy atom. The third-order valence-electron chi connectivity index (χ3n) is 4.87. The molecule has 9 nitrogen and oxygen atoms in total. The topological polar surface area (TPSA) is 115 Å². The second-order valence-electron chi connectivity index (χ2n) is 7.09. The molecular formula is C22H19N5O4S2. The number of esters is 1. The summed E-state index contributed by atoms with van der Waals surface area (Å²) in [5.41, 5.74) is 2.63. The number of ether oxygens (including phenoxy) is 1. The van der Waals surface area contributed by atoms with Crippen LogP contribution in [-0.2, 0) is 9.53 Å². The monoisotopic (exact) mass is 481 g/mol. The summed E-state index contributed by atoms with van der Waals surface area (Å²) in [6.45, 7) is 3.79. The number of amides is 1. The normalized spacial score (nSPS) is 11.3. The van der Waals surface area contributed by atoms with E-state index >= 15 is 0 Å². The summed E-state index contributed by atoms with van der Waals surface area (Å²) in [6.07, 6.45) is 0. The fourth-order valence-corrected chi connectivity index (χ4v) is 5.16. The number of rotatable bonds is 7. The quantitative estimate of drug-likeness (QED) is 0.255. The van der Waals surface area contributed by atoms with Crippen molar-refractivity contribution >= 4 is 56.8 Å². The molecule has 1 aromatic carbocycles. The van der Waals surface area contributed by atoms with Gasteiger partial charge in [-0.25, -0.2) is 14.9 Å². The fourth-order valence-electron chi connectivity index (χ4n) is 3.45. The number of benzene rings is 1. The number of nitrogens with one attached hydrogen (secondary N) is 2. The van der Waals surface area contributed by atoms with E-state index in [2.05, 4.69) is 20.5 Å². The lowest BCUT2D eigenvalue weighted by atomic mass is 10.1. The van der Waals surface area contributed by atoms with Gasteiger partial charge in [-0.2, -0.15) is 0 Å². The van der Waals surface area contributed by atoms with Gasteiger partial charge in [-0.15, -0.1) is 16.4 Å². The van der Waals surface area contributed by atoms with Gasteiger partial charge in [0.1, 0.15) is 22.1 Å². The van der Waals surface area contributed by atoms with E-state index in [1.807, 2.05) is 41.7 Å². The number of hydrogen-bond donors (Lipinski definition) is 2. The minimum Gasteiger partial charge on any atom is -0.462 e. The lowest BCUT2D eigenvalue weighted by Gasteiger charge is -2.07. The van der Waals surface area contributed by atoms with Gasteiger partial charge < -0.3 is 14.5 Å². The van der Waals surface area contributed by atoms with Crippen LogP contribution in [0.5, 0.6) is 0 Å². The molecular weight excluding hydrogens is 462 g/mol. The molecule has 0 saturated carbocycles. The van der Waals surface area contributed by atoms with Gasteiger partial charge in [0.15, 0.2) is 5.16 Å². The Labute approximate surface area is 196 Å². The molecule has 5 aromatic rings. The molecule has 0 aliphatic rings. The molecule has 0 unspecified atom stereocenters. The minimum absolute atomic E-state index is 0.0990. The summed E-state index contributed by atoms with van der Waals surface area (Å²) in [5.74, 6) is 1.21. The predicted octanol–water partition coefficient (Wildman–Crippen LogP) is 4.75. The zero-order chi connectivity index (χ0) is 22.9. The number of para-hydroxylation sites is 2. The second kappa shape index (κ2) is 8.75. The van der Waals surface area contributed by atoms with Gasteiger partial charge in [0.05, 0.1) is 23.4 Å². The zero-order valence-electron chi connectivity index (χ0n) is 17.7. The average molecular weight is 482 g/mol. The molecule has 0 aliphatic carbocycles. The summed E-state index contributed by atoms with van der Waals surface area (Å²) in [7, 11) is 0. The van der Waals surface area contributed by atoms with Crippen molar-refractivity contribution in [3.8, 4) is 11.3 Å². The maximum Gasteiger partial charge on any atom is 0.341 e. The fraction of sp³-hybridized carbons (Fsp3) is 0.182. The van der Waals surface area contributed by atoms with Crippen molar-refractivity contribution in [2.45, 2.75) is 19.0 Å². The molecule has 0 fully saturated rings. The number of thiophene rings is 1. The van der Waals surface area contributed by atoms with Crippen LogP contribution < -0.4 is 5.32 Å². The van der Waals surface area contributed by atoms with Gasteiger partial charge in [0.25, 0.3) is 0 Å². The van der Waals surface area contributed by atoms with Crippen molar-refractivity contribution in [3.05, 3.63) is 53.1 Å². The van der Waals surface area contributed by atoms with Crippen LogP contribution in [0.4, 0.5) is 5.00 Å². The van der Waals surface area contributed by atoms with E-state index < -0.39 is 5.97 Å². The highest BCUT2D eigenvalue weighted by atomic mass is 32.2. The highest BCUT2D eigenvalue weighted by molar-refractivity contribution is 7.99. The van der Waals surface area contributed by atoms with Crippen LogP contribution in [0.1, 0.15) is 23.0 Å². The number of carbonyl (C=O) groups excluding carboxylic acids is 2. The summed E-state index contributed by atoms with van der Waals surface area (Å²) in [5, 5.41) is 12.8. The predicted molar refractivity (Wildman–Crippen MR) is 127 cm³/mol. The molecule has 5 rings (SSSR count). The maximum atomic E-state index is 12.8. The first-order valence-corrected chi connectivity index (χ1v) is 12.0. The number of aromatic amines is 1. The summed E-state index contributed by atoms with van der Waals surface area (Å²) in [6, 6.07) is 11.3. The first-order chi connectivity index (χ1) is 16.0. The van der Waals surface area contributed by atoms with Crippen molar-refractivity contribution in [3.63, 3.8) is 0 Å². The van der Waals surface area contributed by atoms with Gasteiger partial charge in [0, 0.05) is 10.9 Å². The number of thioether (sulfide) groups is 1. The number of imidazole rings is 1. The summed E-state index contributed by atoms with van der Waals surface area (Å²) < 4.78 is 12.8. The van der Waals surface area contributed by atoms with E-state index in [1.54, 1.807) is 18.4 Å². The molecule has 1 amide bonds. The number of furan rings is 1. The third-order valence-corrected chi connectivity index (χ3v) is 6.70. The van der Waals surface area contributed by atoms with Gasteiger partial charge >= 0.3 is 5.97 Å². The molecule has 0 atom stereocenters. The van der Waals surface area contributed by atoms with Crippen LogP contribution in [0, 0.1) is 6.92 Å². The SMILES string of the molecule is CCOC(=O)c1c(-c2ccc(C)o2)csc1NC(=O)CSc1n[nH]c2nc3ccccc3n12. The lowest BCUT2D eigenvalue weighted by Crippen LogP contribution is -2.16. The number of H-pyrrole nitrogens is 1. The molecule has 2 N–H and O–H groups in total. The first-order valence-electron chi connectivity index (χ1n) is 10.1. The van der Waals surface area contributed by atoms with E-state index in [1.165, 1.54) is 23.1 Å². The van der Waals surface area contributed by atoms with Crippen LogP contribution >= 0.6 is 23.1 Å². The van der Waals surface area contributed by atoms with Crippen molar-refractivity contribution in [1.29, 1.82) is 0 Å². The smallest absolute Gasteiger partial charge is 0.341 e. The molecule has 0 radical (unpaired) electrons. The van der Waals surface area contributed by atoms with Crippen LogP contribution in [0.15, 0.2) is 51.4 Å². The Bertz CT molecular complexity index is 1480. The Hall–Kier alpha value is -3.57. The molecule has 0 spiro atoms. The van der Waals surface area contributed by atoms with Gasteiger partial charge in [-0.05, 0) is 38.1 Å². The van der Waals surface area contributed by atoms with E-state index in [0.29, 0.717) is 27.3 Å². The molecule has 11 heteroatoms. The van der Waals surface area contributed by atoms with Gasteiger partial charge in [-0.1, -0.05) is 23.9 Å². The van der Waals surface area contributed by atoms with Crippen molar-refractivity contribution < 1.29 is 18.7 Å². The van der Waals surface area contributed by atoms with E-state index in [9.17, 15) is 9.59 Å².